The summed E-state index contributed by atoms with van der Waals surface area (Å²) in [4.78, 5) is 6.99. The largest absolute Gasteiger partial charge is 0.377 e. The summed E-state index contributed by atoms with van der Waals surface area (Å²) in [6.45, 7) is 4.45. The highest BCUT2D eigenvalue weighted by Gasteiger charge is 2.32. The fourth-order valence-corrected chi connectivity index (χ4v) is 5.41. The number of nitrogens with one attached hydrogen (secondary N) is 1. The monoisotopic (exact) mass is 403 g/mol. The minimum atomic E-state index is -3.33. The first kappa shape index (κ1) is 17.4. The normalized spacial score (nSPS) is 22.2. The van der Waals surface area contributed by atoms with Crippen molar-refractivity contribution in [2.75, 3.05) is 41.3 Å². The molecule has 1 N–H and O–H groups in total. The molecular formula is C17H21N7O3S. The van der Waals surface area contributed by atoms with E-state index in [1.165, 1.54) is 4.31 Å². The molecular weight excluding hydrogens is 382 g/mol. The van der Waals surface area contributed by atoms with Gasteiger partial charge in [0.2, 0.25) is 10.0 Å². The minimum absolute atomic E-state index is 0.142. The summed E-state index contributed by atoms with van der Waals surface area (Å²) in [6.07, 6.45) is 3.98. The number of hydrogen-bond donors (Lipinski definition) is 1. The highest BCUT2D eigenvalue weighted by molar-refractivity contribution is 7.93. The number of anilines is 2. The summed E-state index contributed by atoms with van der Waals surface area (Å²) >= 11 is 0. The summed E-state index contributed by atoms with van der Waals surface area (Å²) < 4.78 is 33.9. The van der Waals surface area contributed by atoms with Crippen molar-refractivity contribution in [1.82, 2.24) is 25.0 Å². The van der Waals surface area contributed by atoms with Gasteiger partial charge in [0, 0.05) is 31.4 Å². The van der Waals surface area contributed by atoms with Crippen molar-refractivity contribution in [3.05, 3.63) is 24.5 Å². The van der Waals surface area contributed by atoms with Crippen LogP contribution in [0.4, 0.5) is 11.5 Å². The average molecular weight is 403 g/mol. The fraction of sp³-hybridized carbons (Fsp3) is 0.471. The van der Waals surface area contributed by atoms with Gasteiger partial charge in [-0.2, -0.15) is 14.9 Å². The van der Waals surface area contributed by atoms with E-state index < -0.39 is 10.0 Å². The molecule has 1 atom stereocenters. The van der Waals surface area contributed by atoms with E-state index in [0.29, 0.717) is 55.3 Å². The van der Waals surface area contributed by atoms with Gasteiger partial charge in [-0.1, -0.05) is 0 Å². The van der Waals surface area contributed by atoms with Gasteiger partial charge in [0.15, 0.2) is 11.5 Å². The van der Waals surface area contributed by atoms with Crippen molar-refractivity contribution in [1.29, 1.82) is 0 Å². The van der Waals surface area contributed by atoms with Crippen molar-refractivity contribution in [3.63, 3.8) is 0 Å². The van der Waals surface area contributed by atoms with Crippen LogP contribution >= 0.6 is 0 Å². The Bertz CT molecular complexity index is 1110. The zero-order valence-electron chi connectivity index (χ0n) is 15.4. The Morgan fingerprint density at radius 2 is 2.18 bits per heavy atom. The second kappa shape index (κ2) is 6.45. The lowest BCUT2D eigenvalue weighted by molar-refractivity contribution is 0.0985. The van der Waals surface area contributed by atoms with E-state index in [-0.39, 0.29) is 11.8 Å². The molecule has 0 aliphatic carbocycles. The van der Waals surface area contributed by atoms with Gasteiger partial charge in [0.05, 0.1) is 42.3 Å². The number of hydrogen-bond acceptors (Lipinski definition) is 7. The lowest BCUT2D eigenvalue weighted by atomic mass is 10.2. The van der Waals surface area contributed by atoms with Gasteiger partial charge in [0.1, 0.15) is 5.82 Å². The minimum Gasteiger partial charge on any atom is -0.377 e. The number of pyridine rings is 1. The molecule has 2 aliphatic heterocycles. The number of morpholine rings is 1. The molecule has 11 heteroatoms. The molecule has 0 bridgehead atoms. The zero-order valence-corrected chi connectivity index (χ0v) is 16.3. The fourth-order valence-electron chi connectivity index (χ4n) is 3.84. The lowest BCUT2D eigenvalue weighted by Gasteiger charge is -2.34. The summed E-state index contributed by atoms with van der Waals surface area (Å²) in [5, 5.41) is 12.1. The SMILES string of the molecule is C[C@@H]1COCCN1c1cc(N2CCCS2(=O)=O)c2cnn(-c3cc[nH]n3)c2n1. The molecule has 3 aromatic heterocycles. The first-order valence-corrected chi connectivity index (χ1v) is 10.9. The van der Waals surface area contributed by atoms with Crippen LogP contribution in [-0.2, 0) is 14.8 Å². The maximum absolute atomic E-state index is 12.6. The summed E-state index contributed by atoms with van der Waals surface area (Å²) in [5.74, 6) is 1.48. The number of aromatic amines is 1. The van der Waals surface area contributed by atoms with Crippen LogP contribution in [0, 0.1) is 0 Å². The summed E-state index contributed by atoms with van der Waals surface area (Å²) in [7, 11) is -3.33. The van der Waals surface area contributed by atoms with Crippen LogP contribution in [-0.4, -0.2) is 71.5 Å². The molecule has 0 amide bonds. The molecule has 0 saturated carbocycles. The highest BCUT2D eigenvalue weighted by Crippen LogP contribution is 2.35. The second-order valence-corrected chi connectivity index (χ2v) is 9.10. The standard InChI is InChI=1S/C17H21N7O3S/c1-12-11-27-7-6-22(12)16-9-14(23-5-2-8-28(23,25)26)13-10-19-24(17(13)20-16)15-3-4-18-21-15/h3-4,9-10,12H,2,5-8,11H2,1H3,(H,18,21)/t12-/m1/s1. The Hall–Kier alpha value is -2.66. The van der Waals surface area contributed by atoms with Gasteiger partial charge in [0.25, 0.3) is 0 Å². The van der Waals surface area contributed by atoms with Crippen molar-refractivity contribution >= 4 is 32.6 Å². The van der Waals surface area contributed by atoms with Crippen molar-refractivity contribution < 1.29 is 13.2 Å². The number of nitrogens with zero attached hydrogens (tertiary/aromatic N) is 6. The van der Waals surface area contributed by atoms with Crippen LogP contribution in [0.15, 0.2) is 24.5 Å². The highest BCUT2D eigenvalue weighted by atomic mass is 32.2. The zero-order chi connectivity index (χ0) is 19.3. The maximum atomic E-state index is 12.6. The first-order chi connectivity index (χ1) is 13.5. The Balaban J connectivity index is 1.73. The van der Waals surface area contributed by atoms with Gasteiger partial charge in [-0.3, -0.25) is 9.40 Å². The third-order valence-corrected chi connectivity index (χ3v) is 7.09. The van der Waals surface area contributed by atoms with E-state index in [9.17, 15) is 8.42 Å². The number of ether oxygens (including phenoxy) is 1. The molecule has 0 radical (unpaired) electrons. The van der Waals surface area contributed by atoms with Gasteiger partial charge in [-0.25, -0.2) is 13.4 Å². The molecule has 0 spiro atoms. The maximum Gasteiger partial charge on any atom is 0.235 e. The Morgan fingerprint density at radius 1 is 1.29 bits per heavy atom. The van der Waals surface area contributed by atoms with Crippen LogP contribution in [0.1, 0.15) is 13.3 Å². The Kier molecular flexibility index (Phi) is 4.02. The molecule has 0 aromatic carbocycles. The predicted octanol–water partition coefficient (Wildman–Crippen LogP) is 0.909. The molecule has 10 nitrogen and oxygen atoms in total. The smallest absolute Gasteiger partial charge is 0.235 e. The van der Waals surface area contributed by atoms with Crippen molar-refractivity contribution in [3.8, 4) is 5.82 Å². The van der Waals surface area contributed by atoms with Crippen LogP contribution in [0.2, 0.25) is 0 Å². The van der Waals surface area contributed by atoms with Gasteiger partial charge in [-0.05, 0) is 13.3 Å². The molecule has 2 fully saturated rings. The summed E-state index contributed by atoms with van der Waals surface area (Å²) in [6, 6.07) is 3.80. The topological polar surface area (TPSA) is 109 Å². The van der Waals surface area contributed by atoms with E-state index in [2.05, 4.69) is 27.1 Å². The van der Waals surface area contributed by atoms with Gasteiger partial charge in [-0.15, -0.1) is 0 Å². The lowest BCUT2D eigenvalue weighted by Crippen LogP contribution is -2.44. The molecule has 28 heavy (non-hydrogen) atoms. The van der Waals surface area contributed by atoms with E-state index in [1.807, 2.05) is 6.07 Å². The van der Waals surface area contributed by atoms with Crippen LogP contribution in [0.5, 0.6) is 0 Å². The van der Waals surface area contributed by atoms with E-state index in [1.54, 1.807) is 23.1 Å². The van der Waals surface area contributed by atoms with Gasteiger partial charge >= 0.3 is 0 Å². The molecule has 5 rings (SSSR count). The number of H-pyrrole nitrogens is 1. The number of sulfonamides is 1. The summed E-state index contributed by atoms with van der Waals surface area (Å²) in [5.41, 5.74) is 1.21. The van der Waals surface area contributed by atoms with E-state index in [0.717, 1.165) is 5.82 Å². The van der Waals surface area contributed by atoms with Crippen LogP contribution in [0.25, 0.3) is 16.9 Å². The quantitative estimate of drug-likeness (QED) is 0.692. The third-order valence-electron chi connectivity index (χ3n) is 5.24. The Morgan fingerprint density at radius 3 is 2.89 bits per heavy atom. The van der Waals surface area contributed by atoms with Crippen molar-refractivity contribution in [2.24, 2.45) is 0 Å². The molecule has 2 saturated heterocycles. The van der Waals surface area contributed by atoms with E-state index in [4.69, 9.17) is 9.72 Å². The van der Waals surface area contributed by atoms with Crippen LogP contribution in [0.3, 0.4) is 0 Å². The molecule has 2 aliphatic rings. The third kappa shape index (κ3) is 2.73. The number of fused-ring (bicyclic) bond motifs is 1. The predicted molar refractivity (Wildman–Crippen MR) is 104 cm³/mol. The van der Waals surface area contributed by atoms with E-state index >= 15 is 0 Å². The molecule has 5 heterocycles. The number of aromatic nitrogens is 5. The second-order valence-electron chi connectivity index (χ2n) is 7.08. The molecule has 148 valence electrons. The van der Waals surface area contributed by atoms with Crippen LogP contribution < -0.4 is 9.21 Å². The molecule has 3 aromatic rings. The van der Waals surface area contributed by atoms with Crippen molar-refractivity contribution in [2.45, 2.75) is 19.4 Å². The number of rotatable bonds is 3. The first-order valence-electron chi connectivity index (χ1n) is 9.28. The van der Waals surface area contributed by atoms with Gasteiger partial charge < -0.3 is 9.64 Å². The molecule has 0 unspecified atom stereocenters. The average Bonchev–Trinajstić information content (AvgIpc) is 3.40. The Labute approximate surface area is 162 Å².